The fraction of sp³-hybridized carbons (Fsp3) is 0.500. The third-order valence-electron chi connectivity index (χ3n) is 2.19. The van der Waals surface area contributed by atoms with Crippen molar-refractivity contribution in [3.8, 4) is 0 Å². The number of hydrogen-bond acceptors (Lipinski definition) is 1. The Hall–Kier alpha value is 0.682. The molecule has 0 spiro atoms. The van der Waals surface area contributed by atoms with Crippen molar-refractivity contribution in [3.05, 3.63) is 35.9 Å². The molecule has 0 bridgehead atoms. The van der Waals surface area contributed by atoms with Gasteiger partial charge in [-0.25, -0.2) is 0 Å². The third kappa shape index (κ3) is 5.85. The number of rotatable bonds is 6. The molecule has 0 saturated heterocycles. The molecule has 0 fully saturated rings. The fourth-order valence-corrected chi connectivity index (χ4v) is 7.12. The summed E-state index contributed by atoms with van der Waals surface area (Å²) in [5, 5.41) is 0. The predicted molar refractivity (Wildman–Crippen MR) is 72.2 cm³/mol. The van der Waals surface area contributed by atoms with Crippen LogP contribution in [0.5, 0.6) is 0 Å². The Balaban J connectivity index is 2.64. The normalized spacial score (nSPS) is 12.8. The predicted octanol–water partition coefficient (Wildman–Crippen LogP) is 4.37. The van der Waals surface area contributed by atoms with Gasteiger partial charge in [-0.05, 0) is 0 Å². The molecule has 0 aliphatic rings. The molecular weight excluding hydrogens is 435 g/mol. The van der Waals surface area contributed by atoms with Crippen LogP contribution in [0.2, 0.25) is 3.98 Å². The Morgan fingerprint density at radius 2 is 1.81 bits per heavy atom. The van der Waals surface area contributed by atoms with E-state index >= 15 is 0 Å². The summed E-state index contributed by atoms with van der Waals surface area (Å²) >= 11 is -2.39. The van der Waals surface area contributed by atoms with Gasteiger partial charge in [0.15, 0.2) is 0 Å². The summed E-state index contributed by atoms with van der Waals surface area (Å²) < 4.78 is 6.73. The van der Waals surface area contributed by atoms with Crippen LogP contribution < -0.4 is 0 Å². The van der Waals surface area contributed by atoms with E-state index in [-0.39, 0.29) is 6.10 Å². The standard InChI is InChI=1S/C12H17O.2ClH.Tl/c1-10(2)9-13-11(3)12-7-5-4-6-8-12;;;/h4-8,10-11H,3,9H2,1-2H3;2*1H;/q;;;+2/p-2. The molecule has 88 valence electrons. The second kappa shape index (κ2) is 7.90. The summed E-state index contributed by atoms with van der Waals surface area (Å²) in [6, 6.07) is 10.2. The molecule has 0 amide bonds. The van der Waals surface area contributed by atoms with E-state index in [9.17, 15) is 0 Å². The van der Waals surface area contributed by atoms with Crippen LogP contribution in [-0.4, -0.2) is 26.9 Å². The number of benzene rings is 1. The number of hydrogen-bond donors (Lipinski definition) is 0. The van der Waals surface area contributed by atoms with Gasteiger partial charge in [0.2, 0.25) is 0 Å². The van der Waals surface area contributed by atoms with Gasteiger partial charge in [-0.2, -0.15) is 0 Å². The maximum atomic E-state index is 6.05. The monoisotopic (exact) mass is 452 g/mol. The van der Waals surface area contributed by atoms with Crippen molar-refractivity contribution < 1.29 is 4.74 Å². The first-order chi connectivity index (χ1) is 7.59. The van der Waals surface area contributed by atoms with Crippen LogP contribution in [0.3, 0.4) is 0 Å². The molecule has 0 aliphatic heterocycles. The van der Waals surface area contributed by atoms with E-state index in [0.29, 0.717) is 5.92 Å². The zero-order valence-electron chi connectivity index (χ0n) is 9.70. The van der Waals surface area contributed by atoms with Crippen LogP contribution >= 0.6 is 16.6 Å². The first kappa shape index (κ1) is 14.7. The minimum atomic E-state index is -2.39. The van der Waals surface area contributed by atoms with Crippen LogP contribution in [0.25, 0.3) is 0 Å². The van der Waals surface area contributed by atoms with E-state index in [2.05, 4.69) is 26.0 Å². The summed E-state index contributed by atoms with van der Waals surface area (Å²) in [5.41, 5.74) is 1.19. The molecule has 0 saturated carbocycles. The van der Waals surface area contributed by atoms with Crippen LogP contribution in [0.15, 0.2) is 30.3 Å². The van der Waals surface area contributed by atoms with Gasteiger partial charge in [-0.3, -0.25) is 0 Å². The van der Waals surface area contributed by atoms with Crippen molar-refractivity contribution >= 4 is 36.9 Å². The van der Waals surface area contributed by atoms with Gasteiger partial charge in [0.05, 0.1) is 0 Å². The van der Waals surface area contributed by atoms with E-state index in [4.69, 9.17) is 21.4 Å². The Morgan fingerprint density at radius 3 is 2.31 bits per heavy atom. The molecule has 1 atom stereocenters. The van der Waals surface area contributed by atoms with Crippen molar-refractivity contribution in [3.63, 3.8) is 0 Å². The first-order valence-corrected chi connectivity index (χ1v) is 19.8. The molecule has 0 aliphatic carbocycles. The topological polar surface area (TPSA) is 9.23 Å². The first-order valence-electron chi connectivity index (χ1n) is 5.54. The zero-order valence-corrected chi connectivity index (χ0v) is 15.7. The molecule has 1 unspecified atom stereocenters. The van der Waals surface area contributed by atoms with Gasteiger partial charge >= 0.3 is 114 Å². The SMILES string of the molecule is CC(C)COC([CH2][Tl]([Cl])[Cl])c1ccccc1. The average Bonchev–Trinajstić information content (AvgIpc) is 2.25. The zero-order chi connectivity index (χ0) is 12.0. The van der Waals surface area contributed by atoms with Gasteiger partial charge in [-0.15, -0.1) is 0 Å². The summed E-state index contributed by atoms with van der Waals surface area (Å²) in [5.74, 6) is 0.534. The van der Waals surface area contributed by atoms with Crippen molar-refractivity contribution in [1.29, 1.82) is 0 Å². The Bertz CT molecular complexity index is 290. The van der Waals surface area contributed by atoms with Crippen molar-refractivity contribution in [2.45, 2.75) is 23.9 Å². The molecule has 16 heavy (non-hydrogen) atoms. The second-order valence-electron chi connectivity index (χ2n) is 4.25. The van der Waals surface area contributed by atoms with Gasteiger partial charge < -0.3 is 0 Å². The van der Waals surface area contributed by atoms with Crippen LogP contribution in [-0.2, 0) is 4.74 Å². The Kier molecular flexibility index (Phi) is 7.28. The Morgan fingerprint density at radius 1 is 1.19 bits per heavy atom. The molecule has 1 aromatic carbocycles. The van der Waals surface area contributed by atoms with Crippen molar-refractivity contribution in [2.24, 2.45) is 5.92 Å². The van der Waals surface area contributed by atoms with Crippen LogP contribution in [0, 0.1) is 5.92 Å². The van der Waals surface area contributed by atoms with Gasteiger partial charge in [-0.1, -0.05) is 0 Å². The second-order valence-corrected chi connectivity index (χ2v) is 20.3. The molecule has 1 nitrogen and oxygen atoms in total. The molecular formula is C12H17Cl2OTl. The van der Waals surface area contributed by atoms with E-state index in [0.717, 1.165) is 10.6 Å². The number of halogens is 2. The fourth-order valence-electron chi connectivity index (χ4n) is 1.44. The van der Waals surface area contributed by atoms with Crippen molar-refractivity contribution in [2.75, 3.05) is 6.61 Å². The molecule has 0 radical (unpaired) electrons. The van der Waals surface area contributed by atoms with Gasteiger partial charge in [0.25, 0.3) is 0 Å². The molecule has 0 aromatic heterocycles. The maximum absolute atomic E-state index is 6.05. The van der Waals surface area contributed by atoms with E-state index in [1.54, 1.807) is 0 Å². The van der Waals surface area contributed by atoms with Crippen LogP contribution in [0.1, 0.15) is 25.5 Å². The van der Waals surface area contributed by atoms with Gasteiger partial charge in [0.1, 0.15) is 0 Å². The van der Waals surface area contributed by atoms with E-state index in [1.807, 2.05) is 18.2 Å². The van der Waals surface area contributed by atoms with E-state index < -0.39 is 20.3 Å². The summed E-state index contributed by atoms with van der Waals surface area (Å²) in [7, 11) is 12.1. The Labute approximate surface area is 113 Å². The molecule has 1 rings (SSSR count). The van der Waals surface area contributed by atoms with Crippen molar-refractivity contribution in [1.82, 2.24) is 0 Å². The summed E-state index contributed by atoms with van der Waals surface area (Å²) in [4.78, 5) is 0. The molecule has 1 aromatic rings. The number of ether oxygens (including phenoxy) is 1. The average molecular weight is 453 g/mol. The summed E-state index contributed by atoms with van der Waals surface area (Å²) in [6.45, 7) is 5.05. The molecule has 4 heteroatoms. The summed E-state index contributed by atoms with van der Waals surface area (Å²) in [6.07, 6.45) is 0.0882. The van der Waals surface area contributed by atoms with E-state index in [1.165, 1.54) is 5.56 Å². The molecule has 0 heterocycles. The minimum absolute atomic E-state index is 0.0882. The van der Waals surface area contributed by atoms with Gasteiger partial charge in [0, 0.05) is 0 Å². The molecule has 0 N–H and O–H groups in total. The van der Waals surface area contributed by atoms with Crippen LogP contribution in [0.4, 0.5) is 0 Å². The quantitative estimate of drug-likeness (QED) is 0.583. The third-order valence-corrected chi connectivity index (χ3v) is 8.37.